The maximum atomic E-state index is 13.5. The number of halogens is 1. The highest BCUT2D eigenvalue weighted by Crippen LogP contribution is 2.26. The molecule has 0 bridgehead atoms. The van der Waals surface area contributed by atoms with Gasteiger partial charge in [-0.15, -0.1) is 11.3 Å². The van der Waals surface area contributed by atoms with Crippen molar-refractivity contribution in [1.82, 2.24) is 4.98 Å². The van der Waals surface area contributed by atoms with Crippen molar-refractivity contribution >= 4 is 11.3 Å². The number of hydrogen-bond acceptors (Lipinski definition) is 3. The summed E-state index contributed by atoms with van der Waals surface area (Å²) in [6.45, 7) is 3.72. The van der Waals surface area contributed by atoms with E-state index in [2.05, 4.69) is 4.98 Å². The number of benzene rings is 1. The monoisotopic (exact) mass is 237 g/mol. The molecule has 0 saturated carbocycles. The molecule has 0 spiro atoms. The first kappa shape index (κ1) is 11.2. The third-order valence-corrected chi connectivity index (χ3v) is 3.15. The van der Waals surface area contributed by atoms with Gasteiger partial charge in [-0.2, -0.15) is 0 Å². The number of nitrogens with zero attached hydrogens (tertiary/aromatic N) is 1. The second-order valence-corrected chi connectivity index (χ2v) is 4.78. The Hall–Kier alpha value is -1.26. The van der Waals surface area contributed by atoms with E-state index in [1.54, 1.807) is 17.5 Å². The van der Waals surface area contributed by atoms with E-state index in [-0.39, 0.29) is 5.56 Å². The SMILES string of the molecule is Cc1ccc(F)c(C(O)c2csc(C)n2)c1. The summed E-state index contributed by atoms with van der Waals surface area (Å²) in [7, 11) is 0. The fourth-order valence-corrected chi connectivity index (χ4v) is 2.17. The van der Waals surface area contributed by atoms with Gasteiger partial charge in [-0.05, 0) is 19.9 Å². The molecule has 1 unspecified atom stereocenters. The van der Waals surface area contributed by atoms with E-state index in [4.69, 9.17) is 0 Å². The summed E-state index contributed by atoms with van der Waals surface area (Å²) in [4.78, 5) is 4.16. The summed E-state index contributed by atoms with van der Waals surface area (Å²) in [6.07, 6.45) is -0.982. The summed E-state index contributed by atoms with van der Waals surface area (Å²) >= 11 is 1.44. The van der Waals surface area contributed by atoms with Crippen LogP contribution in [-0.4, -0.2) is 10.1 Å². The fourth-order valence-electron chi connectivity index (χ4n) is 1.54. The van der Waals surface area contributed by atoms with Gasteiger partial charge in [-0.25, -0.2) is 9.37 Å². The number of aryl methyl sites for hydroxylation is 2. The van der Waals surface area contributed by atoms with Crippen molar-refractivity contribution < 1.29 is 9.50 Å². The van der Waals surface area contributed by atoms with Gasteiger partial charge in [-0.1, -0.05) is 17.7 Å². The maximum Gasteiger partial charge on any atom is 0.129 e. The number of thiazole rings is 1. The number of rotatable bonds is 2. The van der Waals surface area contributed by atoms with E-state index in [1.807, 2.05) is 13.8 Å². The van der Waals surface area contributed by atoms with Crippen LogP contribution < -0.4 is 0 Å². The van der Waals surface area contributed by atoms with Crippen LogP contribution in [0.15, 0.2) is 23.6 Å². The number of hydrogen-bond donors (Lipinski definition) is 1. The van der Waals surface area contributed by atoms with Crippen LogP contribution in [0, 0.1) is 19.7 Å². The third kappa shape index (κ3) is 2.13. The Labute approximate surface area is 97.4 Å². The molecule has 84 valence electrons. The number of aromatic nitrogens is 1. The fraction of sp³-hybridized carbons (Fsp3) is 0.250. The van der Waals surface area contributed by atoms with E-state index < -0.39 is 11.9 Å². The highest BCUT2D eigenvalue weighted by molar-refractivity contribution is 7.09. The van der Waals surface area contributed by atoms with E-state index >= 15 is 0 Å². The molecule has 1 aromatic heterocycles. The predicted octanol–water partition coefficient (Wildman–Crippen LogP) is 2.98. The van der Waals surface area contributed by atoms with Gasteiger partial charge in [0.05, 0.1) is 10.7 Å². The Kier molecular flexibility index (Phi) is 3.03. The highest BCUT2D eigenvalue weighted by Gasteiger charge is 2.17. The van der Waals surface area contributed by atoms with Gasteiger partial charge in [-0.3, -0.25) is 0 Å². The van der Waals surface area contributed by atoms with Crippen LogP contribution in [-0.2, 0) is 0 Å². The minimum absolute atomic E-state index is 0.283. The van der Waals surface area contributed by atoms with E-state index in [9.17, 15) is 9.50 Å². The number of aliphatic hydroxyl groups excluding tert-OH is 1. The summed E-state index contributed by atoms with van der Waals surface area (Å²) in [6, 6.07) is 4.69. The van der Waals surface area contributed by atoms with E-state index in [0.717, 1.165) is 10.6 Å². The summed E-state index contributed by atoms with van der Waals surface area (Å²) in [5.74, 6) is -0.399. The molecule has 1 heterocycles. The van der Waals surface area contributed by atoms with Crippen molar-refractivity contribution in [3.05, 3.63) is 51.2 Å². The summed E-state index contributed by atoms with van der Waals surface area (Å²) in [5.41, 5.74) is 1.71. The molecule has 1 atom stereocenters. The lowest BCUT2D eigenvalue weighted by Gasteiger charge is -2.10. The minimum atomic E-state index is -0.982. The molecule has 16 heavy (non-hydrogen) atoms. The molecule has 0 radical (unpaired) electrons. The first-order chi connectivity index (χ1) is 7.58. The van der Waals surface area contributed by atoms with Gasteiger partial charge in [0.25, 0.3) is 0 Å². The maximum absolute atomic E-state index is 13.5. The van der Waals surface area contributed by atoms with Crippen LogP contribution in [0.2, 0.25) is 0 Å². The zero-order valence-corrected chi connectivity index (χ0v) is 9.88. The number of aliphatic hydroxyl groups is 1. The van der Waals surface area contributed by atoms with Crippen molar-refractivity contribution in [3.63, 3.8) is 0 Å². The lowest BCUT2D eigenvalue weighted by Crippen LogP contribution is -2.03. The molecule has 1 N–H and O–H groups in total. The van der Waals surface area contributed by atoms with Gasteiger partial charge < -0.3 is 5.11 Å². The second kappa shape index (κ2) is 4.31. The lowest BCUT2D eigenvalue weighted by atomic mass is 10.0. The largest absolute Gasteiger partial charge is 0.382 e. The smallest absolute Gasteiger partial charge is 0.129 e. The van der Waals surface area contributed by atoms with Crippen LogP contribution in [0.25, 0.3) is 0 Å². The predicted molar refractivity (Wildman–Crippen MR) is 62.0 cm³/mol. The highest BCUT2D eigenvalue weighted by atomic mass is 32.1. The zero-order valence-electron chi connectivity index (χ0n) is 9.07. The Balaban J connectivity index is 2.40. The first-order valence-electron chi connectivity index (χ1n) is 4.94. The van der Waals surface area contributed by atoms with Gasteiger partial charge >= 0.3 is 0 Å². The molecule has 2 aromatic rings. The third-order valence-electron chi connectivity index (χ3n) is 2.36. The van der Waals surface area contributed by atoms with Crippen LogP contribution in [0.4, 0.5) is 4.39 Å². The molecular formula is C12H12FNOS. The van der Waals surface area contributed by atoms with Crippen molar-refractivity contribution in [2.24, 2.45) is 0 Å². The Morgan fingerprint density at radius 2 is 2.12 bits per heavy atom. The van der Waals surface area contributed by atoms with Crippen molar-refractivity contribution in [3.8, 4) is 0 Å². The Morgan fingerprint density at radius 1 is 1.38 bits per heavy atom. The second-order valence-electron chi connectivity index (χ2n) is 3.72. The van der Waals surface area contributed by atoms with Crippen molar-refractivity contribution in [2.45, 2.75) is 20.0 Å². The van der Waals surface area contributed by atoms with Gasteiger partial charge in [0.15, 0.2) is 0 Å². The minimum Gasteiger partial charge on any atom is -0.382 e. The molecule has 2 rings (SSSR count). The quantitative estimate of drug-likeness (QED) is 0.871. The molecule has 1 aromatic carbocycles. The molecule has 0 aliphatic rings. The summed E-state index contributed by atoms with van der Waals surface area (Å²) < 4.78 is 13.5. The normalized spacial score (nSPS) is 12.8. The Bertz CT molecular complexity index is 509. The molecule has 2 nitrogen and oxygen atoms in total. The van der Waals surface area contributed by atoms with Gasteiger partial charge in [0.2, 0.25) is 0 Å². The van der Waals surface area contributed by atoms with Gasteiger partial charge in [0.1, 0.15) is 11.9 Å². The van der Waals surface area contributed by atoms with Crippen LogP contribution in [0.5, 0.6) is 0 Å². The van der Waals surface area contributed by atoms with Crippen LogP contribution in [0.3, 0.4) is 0 Å². The molecular weight excluding hydrogens is 225 g/mol. The van der Waals surface area contributed by atoms with E-state index in [0.29, 0.717) is 5.69 Å². The average molecular weight is 237 g/mol. The van der Waals surface area contributed by atoms with E-state index in [1.165, 1.54) is 17.4 Å². The lowest BCUT2D eigenvalue weighted by molar-refractivity contribution is 0.210. The molecule has 0 aliphatic heterocycles. The van der Waals surface area contributed by atoms with Gasteiger partial charge in [0, 0.05) is 10.9 Å². The molecule has 0 aliphatic carbocycles. The zero-order chi connectivity index (χ0) is 11.7. The van der Waals surface area contributed by atoms with Crippen LogP contribution in [0.1, 0.15) is 27.9 Å². The van der Waals surface area contributed by atoms with Crippen molar-refractivity contribution in [2.75, 3.05) is 0 Å². The molecule has 4 heteroatoms. The standard InChI is InChI=1S/C12H12FNOS/c1-7-3-4-10(13)9(5-7)12(15)11-6-16-8(2)14-11/h3-6,12,15H,1-2H3. The summed E-state index contributed by atoms with van der Waals surface area (Å²) in [5, 5.41) is 12.6. The molecule has 0 fully saturated rings. The van der Waals surface area contributed by atoms with Crippen molar-refractivity contribution in [1.29, 1.82) is 0 Å². The molecule has 0 amide bonds. The van der Waals surface area contributed by atoms with Crippen LogP contribution >= 0.6 is 11.3 Å². The topological polar surface area (TPSA) is 33.1 Å². The average Bonchev–Trinajstić information content (AvgIpc) is 2.67. The molecule has 0 saturated heterocycles. The first-order valence-corrected chi connectivity index (χ1v) is 5.82. The Morgan fingerprint density at radius 3 is 2.75 bits per heavy atom.